The molecule has 0 saturated heterocycles. The molecule has 0 aliphatic carbocycles. The summed E-state index contributed by atoms with van der Waals surface area (Å²) >= 11 is 0.960. The molecule has 17 heavy (non-hydrogen) atoms. The summed E-state index contributed by atoms with van der Waals surface area (Å²) in [6.45, 7) is -0.484. The summed E-state index contributed by atoms with van der Waals surface area (Å²) < 4.78 is 64.3. The highest BCUT2D eigenvalue weighted by Crippen LogP contribution is 2.35. The molecule has 0 aromatic carbocycles. The van der Waals surface area contributed by atoms with Crippen LogP contribution in [-0.4, -0.2) is 36.1 Å². The number of halogens is 5. The van der Waals surface area contributed by atoms with E-state index < -0.39 is 18.6 Å². The van der Waals surface area contributed by atoms with Gasteiger partial charge in [0, 0.05) is 19.3 Å². The molecule has 3 nitrogen and oxygen atoms in total. The van der Waals surface area contributed by atoms with Gasteiger partial charge >= 0.3 is 12.0 Å². The van der Waals surface area contributed by atoms with Crippen molar-refractivity contribution in [2.75, 3.05) is 19.0 Å². The lowest BCUT2D eigenvalue weighted by atomic mass is 10.3. The Bertz CT molecular complexity index is 248. The van der Waals surface area contributed by atoms with Crippen molar-refractivity contribution in [1.82, 2.24) is 0 Å². The number of hydrogen-bond acceptors (Lipinski definition) is 4. The number of carbonyl (C=O) groups is 1. The monoisotopic (exact) mass is 282 g/mol. The van der Waals surface area contributed by atoms with Gasteiger partial charge in [0.05, 0.1) is 0 Å². The SMILES string of the molecule is CC(=O)SCCCOCC(F)(OF)C(F)(F)F. The van der Waals surface area contributed by atoms with E-state index in [1.807, 2.05) is 0 Å². The van der Waals surface area contributed by atoms with Crippen LogP contribution in [0.15, 0.2) is 0 Å². The Balaban J connectivity index is 3.82. The summed E-state index contributed by atoms with van der Waals surface area (Å²) in [5, 5.41) is -0.146. The molecule has 0 spiro atoms. The summed E-state index contributed by atoms with van der Waals surface area (Å²) in [5.41, 5.74) is 0. The maximum Gasteiger partial charge on any atom is 0.454 e. The van der Waals surface area contributed by atoms with E-state index in [9.17, 15) is 26.9 Å². The number of ether oxygens (including phenoxy) is 1. The van der Waals surface area contributed by atoms with Crippen LogP contribution >= 0.6 is 11.8 Å². The van der Waals surface area contributed by atoms with E-state index in [1.165, 1.54) is 6.92 Å². The van der Waals surface area contributed by atoms with Gasteiger partial charge in [0.1, 0.15) is 6.61 Å². The van der Waals surface area contributed by atoms with Crippen LogP contribution in [0, 0.1) is 0 Å². The molecule has 0 radical (unpaired) electrons. The molecule has 0 amide bonds. The minimum absolute atomic E-state index is 0.146. The Kier molecular flexibility index (Phi) is 6.95. The van der Waals surface area contributed by atoms with Crippen LogP contribution < -0.4 is 0 Å². The first-order valence-corrected chi connectivity index (χ1v) is 5.48. The number of alkyl halides is 4. The van der Waals surface area contributed by atoms with Crippen LogP contribution in [0.2, 0.25) is 0 Å². The molecule has 0 heterocycles. The molecule has 0 bridgehead atoms. The summed E-state index contributed by atoms with van der Waals surface area (Å²) in [6.07, 6.45) is -5.26. The van der Waals surface area contributed by atoms with E-state index >= 15 is 0 Å². The molecule has 0 aliphatic rings. The Morgan fingerprint density at radius 2 is 1.88 bits per heavy atom. The van der Waals surface area contributed by atoms with E-state index in [2.05, 4.69) is 9.68 Å². The zero-order valence-electron chi connectivity index (χ0n) is 8.85. The largest absolute Gasteiger partial charge is 0.454 e. The standard InChI is InChI=1S/C8H11F5O3S/c1-6(14)17-4-2-3-15-5-7(9,16-13)8(10,11)12/h2-5H2,1H3. The fourth-order valence-electron chi connectivity index (χ4n) is 0.728. The molecule has 0 rings (SSSR count). The molecule has 9 heteroatoms. The summed E-state index contributed by atoms with van der Waals surface area (Å²) in [6, 6.07) is 0. The van der Waals surface area contributed by atoms with Crippen molar-refractivity contribution in [3.05, 3.63) is 0 Å². The highest BCUT2D eigenvalue weighted by atomic mass is 32.2. The molecule has 1 unspecified atom stereocenters. The molecule has 102 valence electrons. The Morgan fingerprint density at radius 1 is 1.29 bits per heavy atom. The summed E-state index contributed by atoms with van der Waals surface area (Å²) in [5.74, 6) is -4.11. The normalized spacial score (nSPS) is 15.6. The molecule has 0 aliphatic heterocycles. The maximum atomic E-state index is 12.8. The first-order valence-electron chi connectivity index (χ1n) is 4.49. The second-order valence-electron chi connectivity index (χ2n) is 3.05. The van der Waals surface area contributed by atoms with Crippen molar-refractivity contribution in [3.8, 4) is 0 Å². The van der Waals surface area contributed by atoms with E-state index in [-0.39, 0.29) is 18.1 Å². The predicted molar refractivity (Wildman–Crippen MR) is 50.7 cm³/mol. The average Bonchev–Trinajstić information content (AvgIpc) is 2.20. The lowest BCUT2D eigenvalue weighted by Gasteiger charge is -2.22. The Labute approximate surface area is 98.5 Å². The zero-order chi connectivity index (χ0) is 13.5. The van der Waals surface area contributed by atoms with Crippen LogP contribution in [0.5, 0.6) is 0 Å². The fourth-order valence-corrected chi connectivity index (χ4v) is 1.28. The van der Waals surface area contributed by atoms with Gasteiger partial charge in [0.2, 0.25) is 0 Å². The predicted octanol–water partition coefficient (Wildman–Crippen LogP) is 2.80. The van der Waals surface area contributed by atoms with Gasteiger partial charge in [-0.15, -0.1) is 4.94 Å². The van der Waals surface area contributed by atoms with Gasteiger partial charge in [0.15, 0.2) is 5.12 Å². The maximum absolute atomic E-state index is 12.8. The third-order valence-electron chi connectivity index (χ3n) is 1.57. The topological polar surface area (TPSA) is 35.5 Å². The molecule has 0 aromatic heterocycles. The first-order chi connectivity index (χ1) is 7.73. The third kappa shape index (κ3) is 6.18. The number of rotatable bonds is 7. The minimum Gasteiger partial charge on any atom is -0.375 e. The second kappa shape index (κ2) is 7.12. The van der Waals surface area contributed by atoms with Crippen molar-refractivity contribution in [3.63, 3.8) is 0 Å². The van der Waals surface area contributed by atoms with Gasteiger partial charge in [-0.1, -0.05) is 11.8 Å². The van der Waals surface area contributed by atoms with E-state index in [0.29, 0.717) is 5.75 Å². The van der Waals surface area contributed by atoms with Crippen molar-refractivity contribution in [1.29, 1.82) is 0 Å². The lowest BCUT2D eigenvalue weighted by molar-refractivity contribution is -0.411. The average molecular weight is 282 g/mol. The molecular weight excluding hydrogens is 271 g/mol. The van der Waals surface area contributed by atoms with E-state index in [0.717, 1.165) is 11.8 Å². The van der Waals surface area contributed by atoms with Gasteiger partial charge < -0.3 is 4.74 Å². The molecule has 0 aromatic rings. The first kappa shape index (κ1) is 16.6. The summed E-state index contributed by atoms with van der Waals surface area (Å²) in [4.78, 5) is 12.7. The Morgan fingerprint density at radius 3 is 2.29 bits per heavy atom. The van der Waals surface area contributed by atoms with Crippen molar-refractivity contribution < 1.29 is 36.6 Å². The van der Waals surface area contributed by atoms with Crippen LogP contribution in [0.4, 0.5) is 22.1 Å². The minimum atomic E-state index is -5.50. The molecule has 0 N–H and O–H groups in total. The van der Waals surface area contributed by atoms with Crippen molar-refractivity contribution >= 4 is 16.9 Å². The highest BCUT2D eigenvalue weighted by molar-refractivity contribution is 8.13. The number of carbonyl (C=O) groups excluding carboxylic acids is 1. The molecule has 1 atom stereocenters. The van der Waals surface area contributed by atoms with E-state index in [4.69, 9.17) is 0 Å². The van der Waals surface area contributed by atoms with Crippen LogP contribution in [0.25, 0.3) is 0 Å². The quantitative estimate of drug-likeness (QED) is 0.531. The lowest BCUT2D eigenvalue weighted by Crippen LogP contribution is -2.46. The summed E-state index contributed by atoms with van der Waals surface area (Å²) in [7, 11) is 0. The van der Waals surface area contributed by atoms with Gasteiger partial charge in [-0.25, -0.2) is 0 Å². The van der Waals surface area contributed by atoms with Gasteiger partial charge in [-0.2, -0.15) is 17.6 Å². The number of thioether (sulfide) groups is 1. The van der Waals surface area contributed by atoms with Crippen molar-refractivity contribution in [2.45, 2.75) is 25.4 Å². The number of hydrogen-bond donors (Lipinski definition) is 0. The molecule has 0 fully saturated rings. The van der Waals surface area contributed by atoms with E-state index in [1.54, 1.807) is 0 Å². The van der Waals surface area contributed by atoms with Crippen molar-refractivity contribution in [2.24, 2.45) is 0 Å². The molecular formula is C8H11F5O3S. The highest BCUT2D eigenvalue weighted by Gasteiger charge is 2.59. The zero-order valence-corrected chi connectivity index (χ0v) is 9.67. The molecule has 0 saturated carbocycles. The van der Waals surface area contributed by atoms with Crippen LogP contribution in [-0.2, 0) is 14.5 Å². The van der Waals surface area contributed by atoms with Gasteiger partial charge in [-0.3, -0.25) is 4.79 Å². The Hall–Kier alpha value is -0.410. The van der Waals surface area contributed by atoms with Gasteiger partial charge in [0.25, 0.3) is 0 Å². The van der Waals surface area contributed by atoms with Crippen LogP contribution in [0.1, 0.15) is 13.3 Å². The third-order valence-corrected chi connectivity index (χ3v) is 2.47. The smallest absolute Gasteiger partial charge is 0.375 e. The second-order valence-corrected chi connectivity index (χ2v) is 4.32. The van der Waals surface area contributed by atoms with Gasteiger partial charge in [-0.05, 0) is 10.9 Å². The van der Waals surface area contributed by atoms with Crippen LogP contribution in [0.3, 0.4) is 0 Å². The fraction of sp³-hybridized carbons (Fsp3) is 0.875.